The second-order valence-electron chi connectivity index (χ2n) is 7.57. The summed E-state index contributed by atoms with van der Waals surface area (Å²) in [5, 5.41) is 4.22. The Labute approximate surface area is 155 Å². The molecule has 8 heteroatoms. The van der Waals surface area contributed by atoms with Crippen molar-refractivity contribution in [2.75, 3.05) is 13.1 Å². The normalized spacial score (nSPS) is 21.5. The van der Waals surface area contributed by atoms with Gasteiger partial charge in [0.2, 0.25) is 5.91 Å². The van der Waals surface area contributed by atoms with Crippen molar-refractivity contribution >= 4 is 11.6 Å². The Kier molecular flexibility index (Phi) is 4.60. The molecule has 1 atom stereocenters. The number of fused-ring (bicyclic) bond motifs is 1. The van der Waals surface area contributed by atoms with Crippen molar-refractivity contribution in [2.24, 2.45) is 5.92 Å². The summed E-state index contributed by atoms with van der Waals surface area (Å²) in [7, 11) is 0. The molecule has 3 heterocycles. The number of likely N-dealkylation sites (tertiary alicyclic amines) is 1. The third kappa shape index (κ3) is 3.41. The minimum Gasteiger partial charge on any atom is -0.342 e. The highest BCUT2D eigenvalue weighted by Gasteiger charge is 2.37. The van der Waals surface area contributed by atoms with E-state index in [4.69, 9.17) is 0 Å². The monoisotopic (exact) mass is 380 g/mol. The molecule has 4 rings (SSSR count). The Hall–Kier alpha value is -2.12. The molecule has 2 fully saturated rings. The molecule has 2 aliphatic rings. The zero-order chi connectivity index (χ0) is 19.2. The number of aromatic nitrogens is 3. The number of carbonyl (C=O) groups excluding carboxylic acids is 1. The molecule has 2 aromatic heterocycles. The highest BCUT2D eigenvalue weighted by Crippen LogP contribution is 2.34. The van der Waals surface area contributed by atoms with Crippen molar-refractivity contribution in [1.82, 2.24) is 19.5 Å². The average Bonchev–Trinajstić information content (AvgIpc) is 3.38. The lowest BCUT2D eigenvalue weighted by atomic mass is 10.1. The first-order valence-electron chi connectivity index (χ1n) is 9.62. The number of alkyl halides is 3. The lowest BCUT2D eigenvalue weighted by Gasteiger charge is -2.20. The Morgan fingerprint density at radius 2 is 1.96 bits per heavy atom. The summed E-state index contributed by atoms with van der Waals surface area (Å²) in [6.45, 7) is 2.95. The molecule has 0 radical (unpaired) electrons. The molecule has 0 aromatic carbocycles. The van der Waals surface area contributed by atoms with E-state index in [2.05, 4.69) is 10.1 Å². The van der Waals surface area contributed by atoms with Gasteiger partial charge in [0.25, 0.3) is 0 Å². The third-order valence-electron chi connectivity index (χ3n) is 5.77. The molecule has 5 nitrogen and oxygen atoms in total. The van der Waals surface area contributed by atoms with Gasteiger partial charge < -0.3 is 4.90 Å². The first-order chi connectivity index (χ1) is 12.9. The smallest absolute Gasteiger partial charge is 0.342 e. The molecule has 146 valence electrons. The second-order valence-corrected chi connectivity index (χ2v) is 7.57. The number of hydrogen-bond donors (Lipinski definition) is 0. The molecule has 0 N–H and O–H groups in total. The summed E-state index contributed by atoms with van der Waals surface area (Å²) in [5.41, 5.74) is 0.401. The van der Waals surface area contributed by atoms with Crippen LogP contribution in [-0.4, -0.2) is 38.5 Å². The molecule has 1 aliphatic heterocycles. The van der Waals surface area contributed by atoms with E-state index in [0.717, 1.165) is 42.7 Å². The van der Waals surface area contributed by atoms with Crippen LogP contribution in [0.15, 0.2) is 12.1 Å². The van der Waals surface area contributed by atoms with Crippen molar-refractivity contribution in [2.45, 2.75) is 57.5 Å². The van der Waals surface area contributed by atoms with Gasteiger partial charge in [0.15, 0.2) is 5.65 Å². The number of nitrogens with zero attached hydrogens (tertiary/aromatic N) is 4. The number of hydrogen-bond acceptors (Lipinski definition) is 3. The van der Waals surface area contributed by atoms with Crippen LogP contribution in [0.25, 0.3) is 5.65 Å². The Balaban J connectivity index is 1.60. The number of amides is 1. The van der Waals surface area contributed by atoms with Gasteiger partial charge in [-0.25, -0.2) is 9.50 Å². The van der Waals surface area contributed by atoms with Crippen LogP contribution in [0, 0.1) is 5.92 Å². The van der Waals surface area contributed by atoms with E-state index in [0.29, 0.717) is 30.9 Å². The molecular formula is C19H23F3N4O. The molecule has 1 amide bonds. The molecule has 2 aromatic rings. The van der Waals surface area contributed by atoms with Crippen LogP contribution in [0.4, 0.5) is 13.2 Å². The number of carbonyl (C=O) groups is 1. The van der Waals surface area contributed by atoms with E-state index in [1.54, 1.807) is 13.0 Å². The first-order valence-corrected chi connectivity index (χ1v) is 9.62. The molecule has 0 bridgehead atoms. The highest BCUT2D eigenvalue weighted by atomic mass is 19.4. The van der Waals surface area contributed by atoms with E-state index in [-0.39, 0.29) is 23.4 Å². The topological polar surface area (TPSA) is 50.5 Å². The van der Waals surface area contributed by atoms with Gasteiger partial charge >= 0.3 is 6.18 Å². The Morgan fingerprint density at radius 3 is 2.63 bits per heavy atom. The van der Waals surface area contributed by atoms with Crippen molar-refractivity contribution in [3.05, 3.63) is 29.2 Å². The van der Waals surface area contributed by atoms with Crippen LogP contribution < -0.4 is 0 Å². The van der Waals surface area contributed by atoms with Crippen molar-refractivity contribution in [3.8, 4) is 0 Å². The molecule has 1 unspecified atom stereocenters. The minimum absolute atomic E-state index is 0.0387. The van der Waals surface area contributed by atoms with Crippen LogP contribution in [0.3, 0.4) is 0 Å². The van der Waals surface area contributed by atoms with Crippen LogP contribution in [0.2, 0.25) is 0 Å². The fraction of sp³-hybridized carbons (Fsp3) is 0.632. The third-order valence-corrected chi connectivity index (χ3v) is 5.77. The summed E-state index contributed by atoms with van der Waals surface area (Å²) in [5.74, 6) is 0.278. The zero-order valence-corrected chi connectivity index (χ0v) is 15.3. The summed E-state index contributed by atoms with van der Waals surface area (Å²) in [4.78, 5) is 18.8. The van der Waals surface area contributed by atoms with Crippen LogP contribution in [0.5, 0.6) is 0 Å². The van der Waals surface area contributed by atoms with Gasteiger partial charge in [-0.05, 0) is 31.7 Å². The Bertz CT molecular complexity index is 854. The standard InChI is InChI=1S/C19H23F3N4O/c1-2-14-9-16(19(20,21)22)26-17(23-14)10-15(24-26)13-7-8-25(11-13)18(27)12-5-3-4-6-12/h9-10,12-13H,2-8,11H2,1H3. The van der Waals surface area contributed by atoms with E-state index >= 15 is 0 Å². The first kappa shape index (κ1) is 18.3. The van der Waals surface area contributed by atoms with Crippen molar-refractivity contribution in [1.29, 1.82) is 0 Å². The fourth-order valence-electron chi connectivity index (χ4n) is 4.26. The van der Waals surface area contributed by atoms with Gasteiger partial charge in [-0.2, -0.15) is 18.3 Å². The summed E-state index contributed by atoms with van der Waals surface area (Å²) < 4.78 is 41.2. The maximum Gasteiger partial charge on any atom is 0.433 e. The number of rotatable bonds is 3. The fourth-order valence-corrected chi connectivity index (χ4v) is 4.26. The second kappa shape index (κ2) is 6.80. The summed E-state index contributed by atoms with van der Waals surface area (Å²) in [6.07, 6.45) is 0.767. The molecule has 1 saturated carbocycles. The maximum absolute atomic E-state index is 13.4. The summed E-state index contributed by atoms with van der Waals surface area (Å²) >= 11 is 0. The van der Waals surface area contributed by atoms with Gasteiger partial charge in [-0.15, -0.1) is 0 Å². The lowest BCUT2D eigenvalue weighted by Crippen LogP contribution is -2.33. The minimum atomic E-state index is -4.49. The predicted molar refractivity (Wildman–Crippen MR) is 93.3 cm³/mol. The van der Waals surface area contributed by atoms with Crippen molar-refractivity contribution < 1.29 is 18.0 Å². The average molecular weight is 380 g/mol. The molecule has 27 heavy (non-hydrogen) atoms. The summed E-state index contributed by atoms with van der Waals surface area (Å²) in [6, 6.07) is 2.71. The zero-order valence-electron chi connectivity index (χ0n) is 15.3. The number of halogens is 3. The predicted octanol–water partition coefficient (Wildman–Crippen LogP) is 3.82. The largest absolute Gasteiger partial charge is 0.433 e. The van der Waals surface area contributed by atoms with Gasteiger partial charge in [-0.1, -0.05) is 19.8 Å². The quantitative estimate of drug-likeness (QED) is 0.814. The van der Waals surface area contributed by atoms with Gasteiger partial charge in [0.1, 0.15) is 5.69 Å². The van der Waals surface area contributed by atoms with Gasteiger partial charge in [0.05, 0.1) is 5.69 Å². The van der Waals surface area contributed by atoms with Gasteiger partial charge in [-0.3, -0.25) is 4.79 Å². The van der Waals surface area contributed by atoms with E-state index in [1.807, 2.05) is 4.90 Å². The Morgan fingerprint density at radius 1 is 1.22 bits per heavy atom. The molecular weight excluding hydrogens is 357 g/mol. The van der Waals surface area contributed by atoms with Gasteiger partial charge in [0, 0.05) is 36.7 Å². The molecule has 0 spiro atoms. The SMILES string of the molecule is CCc1cc(C(F)(F)F)n2nc(C3CCN(C(=O)C4CCCC4)C3)cc2n1. The van der Waals surface area contributed by atoms with Crippen LogP contribution in [-0.2, 0) is 17.4 Å². The highest BCUT2D eigenvalue weighted by molar-refractivity contribution is 5.79. The van der Waals surface area contributed by atoms with Crippen LogP contribution in [0.1, 0.15) is 62.0 Å². The van der Waals surface area contributed by atoms with Crippen molar-refractivity contribution in [3.63, 3.8) is 0 Å². The van der Waals surface area contributed by atoms with E-state index < -0.39 is 11.9 Å². The maximum atomic E-state index is 13.4. The van der Waals surface area contributed by atoms with E-state index in [9.17, 15) is 18.0 Å². The molecule has 1 aliphatic carbocycles. The number of aryl methyl sites for hydroxylation is 1. The van der Waals surface area contributed by atoms with Crippen LogP contribution >= 0.6 is 0 Å². The lowest BCUT2D eigenvalue weighted by molar-refractivity contribution is -0.142. The molecule has 1 saturated heterocycles. The van der Waals surface area contributed by atoms with E-state index in [1.165, 1.54) is 0 Å².